The Morgan fingerprint density at radius 2 is 1.85 bits per heavy atom. The van der Waals surface area contributed by atoms with E-state index in [1.807, 2.05) is 13.8 Å². The molecule has 0 bridgehead atoms. The summed E-state index contributed by atoms with van der Waals surface area (Å²) in [5.74, 6) is 0. The molecule has 0 radical (unpaired) electrons. The number of carbonyl (C=O) groups excluding carboxylic acids is 1. The molecule has 6 heteroatoms. The van der Waals surface area contributed by atoms with E-state index >= 15 is 0 Å². The highest BCUT2D eigenvalue weighted by Gasteiger charge is 2.19. The lowest BCUT2D eigenvalue weighted by Gasteiger charge is -2.14. The standard InChI is InChI=1S/C7H16NO4P/c1-4-11-13(12-5-2)7(9)8-6-10-3/h4-6H2,1-3H3,(H,8,9). The van der Waals surface area contributed by atoms with Crippen molar-refractivity contribution in [1.29, 1.82) is 0 Å². The highest BCUT2D eigenvalue weighted by Crippen LogP contribution is 2.38. The van der Waals surface area contributed by atoms with Crippen LogP contribution in [0.25, 0.3) is 0 Å². The molecule has 0 unspecified atom stereocenters. The second-order valence-electron chi connectivity index (χ2n) is 2.01. The number of hydrogen-bond acceptors (Lipinski definition) is 4. The van der Waals surface area contributed by atoms with Gasteiger partial charge in [0.1, 0.15) is 6.73 Å². The van der Waals surface area contributed by atoms with E-state index in [9.17, 15) is 4.79 Å². The molecule has 0 aromatic rings. The van der Waals surface area contributed by atoms with E-state index in [4.69, 9.17) is 9.05 Å². The van der Waals surface area contributed by atoms with Crippen LogP contribution in [0.2, 0.25) is 0 Å². The van der Waals surface area contributed by atoms with E-state index in [1.165, 1.54) is 7.11 Å². The Kier molecular flexibility index (Phi) is 8.24. The van der Waals surface area contributed by atoms with Gasteiger partial charge in [-0.2, -0.15) is 0 Å². The van der Waals surface area contributed by atoms with Crippen LogP contribution in [0, 0.1) is 0 Å². The maximum atomic E-state index is 11.3. The lowest BCUT2D eigenvalue weighted by Crippen LogP contribution is -2.23. The van der Waals surface area contributed by atoms with Crippen molar-refractivity contribution < 1.29 is 18.6 Å². The first-order valence-corrected chi connectivity index (χ1v) is 5.26. The Morgan fingerprint density at radius 1 is 1.31 bits per heavy atom. The molecule has 5 nitrogen and oxygen atoms in total. The van der Waals surface area contributed by atoms with Gasteiger partial charge in [-0.15, -0.1) is 0 Å². The molecule has 1 amide bonds. The second-order valence-corrected chi connectivity index (χ2v) is 3.44. The van der Waals surface area contributed by atoms with Gasteiger partial charge in [-0.1, -0.05) is 0 Å². The molecule has 0 aromatic heterocycles. The summed E-state index contributed by atoms with van der Waals surface area (Å²) in [6.07, 6.45) is 0. The van der Waals surface area contributed by atoms with Gasteiger partial charge < -0.3 is 19.1 Å². The minimum atomic E-state index is -1.46. The summed E-state index contributed by atoms with van der Waals surface area (Å²) in [5.41, 5.74) is -0.249. The predicted molar refractivity (Wildman–Crippen MR) is 50.6 cm³/mol. The van der Waals surface area contributed by atoms with Gasteiger partial charge in [-0.25, -0.2) is 0 Å². The van der Waals surface area contributed by atoms with E-state index < -0.39 is 8.38 Å². The number of nitrogens with one attached hydrogen (secondary N) is 1. The van der Waals surface area contributed by atoms with Crippen LogP contribution in [-0.4, -0.2) is 32.7 Å². The molecule has 0 fully saturated rings. The summed E-state index contributed by atoms with van der Waals surface area (Å²) < 4.78 is 14.9. The first-order chi connectivity index (χ1) is 6.26. The Balaban J connectivity index is 3.80. The van der Waals surface area contributed by atoms with Gasteiger partial charge in [0, 0.05) is 7.11 Å². The normalized spacial score (nSPS) is 10.5. The Hall–Kier alpha value is -0.220. The molecular formula is C7H16NO4P. The van der Waals surface area contributed by atoms with E-state index in [2.05, 4.69) is 10.1 Å². The van der Waals surface area contributed by atoms with Crippen molar-refractivity contribution in [1.82, 2.24) is 5.32 Å². The maximum absolute atomic E-state index is 11.3. The van der Waals surface area contributed by atoms with Gasteiger partial charge in [0.15, 0.2) is 0 Å². The van der Waals surface area contributed by atoms with Crippen LogP contribution in [0.1, 0.15) is 13.8 Å². The van der Waals surface area contributed by atoms with Crippen LogP contribution in [0.5, 0.6) is 0 Å². The van der Waals surface area contributed by atoms with Gasteiger partial charge >= 0.3 is 0 Å². The number of ether oxygens (including phenoxy) is 1. The first-order valence-electron chi connectivity index (χ1n) is 4.08. The summed E-state index contributed by atoms with van der Waals surface area (Å²) >= 11 is 0. The molecule has 78 valence electrons. The van der Waals surface area contributed by atoms with Crippen molar-refractivity contribution in [2.75, 3.05) is 27.1 Å². The minimum Gasteiger partial charge on any atom is -0.364 e. The van der Waals surface area contributed by atoms with E-state index in [1.54, 1.807) is 0 Å². The topological polar surface area (TPSA) is 56.8 Å². The van der Waals surface area contributed by atoms with Crippen molar-refractivity contribution in [2.45, 2.75) is 13.8 Å². The molecule has 0 rings (SSSR count). The smallest absolute Gasteiger partial charge is 0.300 e. The number of methoxy groups -OCH3 is 1. The van der Waals surface area contributed by atoms with Crippen molar-refractivity contribution in [2.24, 2.45) is 0 Å². The fourth-order valence-electron chi connectivity index (χ4n) is 0.587. The van der Waals surface area contributed by atoms with E-state index in [-0.39, 0.29) is 12.4 Å². The zero-order valence-electron chi connectivity index (χ0n) is 8.20. The highest BCUT2D eigenvalue weighted by atomic mass is 31.2. The number of amides is 1. The summed E-state index contributed by atoms with van der Waals surface area (Å²) in [6, 6.07) is 0. The zero-order valence-corrected chi connectivity index (χ0v) is 9.10. The summed E-state index contributed by atoms with van der Waals surface area (Å²) in [7, 11) is 0.0402. The number of carbonyl (C=O) groups is 1. The number of rotatable bonds is 7. The highest BCUT2D eigenvalue weighted by molar-refractivity contribution is 7.65. The molecule has 0 aliphatic carbocycles. The molecule has 0 aliphatic rings. The van der Waals surface area contributed by atoms with Crippen LogP contribution < -0.4 is 5.32 Å². The SMILES string of the molecule is CCOP(OCC)C(=O)NCOC. The molecule has 0 aromatic carbocycles. The largest absolute Gasteiger partial charge is 0.364 e. The average molecular weight is 209 g/mol. The Bertz CT molecular complexity index is 138. The van der Waals surface area contributed by atoms with Crippen LogP contribution in [0.15, 0.2) is 0 Å². The van der Waals surface area contributed by atoms with Gasteiger partial charge in [0.05, 0.1) is 13.2 Å². The third-order valence-corrected chi connectivity index (χ3v) is 2.50. The fraction of sp³-hybridized carbons (Fsp3) is 0.857. The summed E-state index contributed by atoms with van der Waals surface area (Å²) in [4.78, 5) is 11.3. The molecular weight excluding hydrogens is 193 g/mol. The fourth-order valence-corrected chi connectivity index (χ4v) is 1.56. The Labute approximate surface area is 79.7 Å². The van der Waals surface area contributed by atoms with Crippen molar-refractivity contribution in [3.8, 4) is 0 Å². The third kappa shape index (κ3) is 5.93. The van der Waals surface area contributed by atoms with Crippen LogP contribution in [-0.2, 0) is 13.8 Å². The molecule has 0 heterocycles. The van der Waals surface area contributed by atoms with Crippen LogP contribution in [0.3, 0.4) is 0 Å². The summed E-state index contributed by atoms with van der Waals surface area (Å²) in [5, 5.41) is 2.52. The summed E-state index contributed by atoms with van der Waals surface area (Å²) in [6.45, 7) is 4.74. The van der Waals surface area contributed by atoms with Crippen LogP contribution >= 0.6 is 8.38 Å². The quantitative estimate of drug-likeness (QED) is 0.512. The van der Waals surface area contributed by atoms with Gasteiger partial charge in [0.25, 0.3) is 14.0 Å². The molecule has 0 atom stereocenters. The maximum Gasteiger partial charge on any atom is 0.300 e. The van der Waals surface area contributed by atoms with Crippen molar-refractivity contribution in [3.63, 3.8) is 0 Å². The molecule has 0 saturated heterocycles. The van der Waals surface area contributed by atoms with Crippen molar-refractivity contribution >= 4 is 14.0 Å². The molecule has 0 aliphatic heterocycles. The third-order valence-electron chi connectivity index (χ3n) is 1.03. The molecule has 0 saturated carbocycles. The first kappa shape index (κ1) is 12.8. The predicted octanol–water partition coefficient (Wildman–Crippen LogP) is 1.68. The van der Waals surface area contributed by atoms with Gasteiger partial charge in [-0.05, 0) is 13.8 Å². The Morgan fingerprint density at radius 3 is 2.23 bits per heavy atom. The molecule has 1 N–H and O–H groups in total. The van der Waals surface area contributed by atoms with E-state index in [0.29, 0.717) is 13.2 Å². The molecule has 0 spiro atoms. The van der Waals surface area contributed by atoms with Crippen LogP contribution in [0.4, 0.5) is 4.79 Å². The van der Waals surface area contributed by atoms with E-state index in [0.717, 1.165) is 0 Å². The average Bonchev–Trinajstić information content (AvgIpc) is 2.14. The minimum absolute atomic E-state index is 0.178. The van der Waals surface area contributed by atoms with Gasteiger partial charge in [-0.3, -0.25) is 4.79 Å². The monoisotopic (exact) mass is 209 g/mol. The lowest BCUT2D eigenvalue weighted by molar-refractivity contribution is 0.176. The van der Waals surface area contributed by atoms with Gasteiger partial charge in [0.2, 0.25) is 0 Å². The lowest BCUT2D eigenvalue weighted by atomic mass is 10.9. The number of hydrogen-bond donors (Lipinski definition) is 1. The zero-order chi connectivity index (χ0) is 10.1. The molecule has 13 heavy (non-hydrogen) atoms. The second kappa shape index (κ2) is 8.38. The van der Waals surface area contributed by atoms with Crippen molar-refractivity contribution in [3.05, 3.63) is 0 Å².